The molecular weight excluding hydrogens is 319 g/mol. The summed E-state index contributed by atoms with van der Waals surface area (Å²) in [7, 11) is 0. The second kappa shape index (κ2) is 5.66. The quantitative estimate of drug-likeness (QED) is 0.749. The molecule has 0 heterocycles. The van der Waals surface area contributed by atoms with Gasteiger partial charge in [0.15, 0.2) is 0 Å². The van der Waals surface area contributed by atoms with E-state index < -0.39 is 0 Å². The van der Waals surface area contributed by atoms with E-state index in [0.717, 1.165) is 19.3 Å². The van der Waals surface area contributed by atoms with E-state index in [1.54, 1.807) is 11.1 Å². The second-order valence-electron chi connectivity index (χ2n) is 5.53. The predicted octanol–water partition coefficient (Wildman–Crippen LogP) is 4.65. The van der Waals surface area contributed by atoms with Crippen molar-refractivity contribution in [2.75, 3.05) is 0 Å². The third-order valence-electron chi connectivity index (χ3n) is 4.12. The van der Waals surface area contributed by atoms with Crippen LogP contribution in [0.2, 0.25) is 0 Å². The number of hydrogen-bond donors (Lipinski definition) is 0. The van der Waals surface area contributed by atoms with Crippen molar-refractivity contribution in [2.45, 2.75) is 19.3 Å². The molecule has 0 spiro atoms. The summed E-state index contributed by atoms with van der Waals surface area (Å²) in [5, 5.41) is 0. The van der Waals surface area contributed by atoms with Crippen LogP contribution in [0.25, 0.3) is 12.2 Å². The second-order valence-corrected chi connectivity index (χ2v) is 5.53. The Morgan fingerprint density at radius 3 is 1.55 bits per heavy atom. The van der Waals surface area contributed by atoms with Crippen LogP contribution in [0.15, 0.2) is 59.7 Å². The van der Waals surface area contributed by atoms with Crippen molar-refractivity contribution in [1.82, 2.24) is 0 Å². The van der Waals surface area contributed by atoms with Crippen molar-refractivity contribution in [3.8, 4) is 0 Å². The molecule has 20 heavy (non-hydrogen) atoms. The Balaban J connectivity index is 0.00000121. The Kier molecular flexibility index (Phi) is 3.90. The first kappa shape index (κ1) is 13.8. The van der Waals surface area contributed by atoms with Crippen LogP contribution in [0.4, 0.5) is 0 Å². The van der Waals surface area contributed by atoms with Gasteiger partial charge in [-0.2, -0.15) is 0 Å². The van der Waals surface area contributed by atoms with Gasteiger partial charge in [0, 0.05) is 26.2 Å². The third kappa shape index (κ3) is 2.52. The molecule has 0 amide bonds. The molecule has 2 aromatic carbocycles. The number of fused-ring (bicyclic) bond motifs is 2. The standard InChI is InChI=1S/C19H16.Zr/c1-2-6-17-11-14(10-16(17)5-1)9-15-12-18-7-3-4-8-19(18)13-15;/h1-8,10,12H,9,11,13H2;. The zero-order valence-corrected chi connectivity index (χ0v) is 13.9. The predicted molar refractivity (Wildman–Crippen MR) is 80.9 cm³/mol. The minimum absolute atomic E-state index is 0. The molecule has 0 aromatic heterocycles. The van der Waals surface area contributed by atoms with Gasteiger partial charge in [0.1, 0.15) is 0 Å². The SMILES string of the molecule is C1=C(CC2=Cc3ccccc3C2)Cc2ccccc21.[Zr]. The van der Waals surface area contributed by atoms with Gasteiger partial charge >= 0.3 is 0 Å². The Hall–Kier alpha value is -1.20. The molecule has 0 bridgehead atoms. The molecule has 0 aliphatic heterocycles. The molecule has 0 unspecified atom stereocenters. The van der Waals surface area contributed by atoms with Crippen LogP contribution in [0, 0.1) is 0 Å². The van der Waals surface area contributed by atoms with Gasteiger partial charge in [-0.1, -0.05) is 71.8 Å². The number of rotatable bonds is 2. The summed E-state index contributed by atoms with van der Waals surface area (Å²) in [5.41, 5.74) is 8.89. The fraction of sp³-hybridized carbons (Fsp3) is 0.158. The van der Waals surface area contributed by atoms with Gasteiger partial charge in [-0.25, -0.2) is 0 Å². The maximum absolute atomic E-state index is 2.37. The van der Waals surface area contributed by atoms with Gasteiger partial charge in [-0.05, 0) is 41.5 Å². The van der Waals surface area contributed by atoms with Gasteiger partial charge in [0.25, 0.3) is 0 Å². The summed E-state index contributed by atoms with van der Waals surface area (Å²) < 4.78 is 0. The molecule has 0 saturated carbocycles. The van der Waals surface area contributed by atoms with Crippen LogP contribution < -0.4 is 0 Å². The van der Waals surface area contributed by atoms with Crippen molar-refractivity contribution in [3.63, 3.8) is 0 Å². The molecule has 0 saturated heterocycles. The van der Waals surface area contributed by atoms with E-state index in [0.29, 0.717) is 0 Å². The van der Waals surface area contributed by atoms with Crippen LogP contribution in [0.3, 0.4) is 0 Å². The molecule has 0 nitrogen and oxygen atoms in total. The molecule has 1 heteroatoms. The minimum Gasteiger partial charge on any atom is -0.0619 e. The molecule has 0 radical (unpaired) electrons. The van der Waals surface area contributed by atoms with E-state index in [1.165, 1.54) is 22.3 Å². The number of benzene rings is 2. The largest absolute Gasteiger partial charge is 0.0619 e. The monoisotopic (exact) mass is 334 g/mol. The van der Waals surface area contributed by atoms with Gasteiger partial charge in [0.2, 0.25) is 0 Å². The number of allylic oxidation sites excluding steroid dienone is 2. The normalized spacial score (nSPS) is 15.0. The molecular formula is C19H16Zr. The van der Waals surface area contributed by atoms with Crippen LogP contribution in [0.5, 0.6) is 0 Å². The first-order valence-corrected chi connectivity index (χ1v) is 6.93. The maximum Gasteiger partial charge on any atom is 0 e. The molecule has 0 N–H and O–H groups in total. The van der Waals surface area contributed by atoms with Crippen molar-refractivity contribution >= 4 is 12.2 Å². The molecule has 0 atom stereocenters. The van der Waals surface area contributed by atoms with Gasteiger partial charge in [-0.3, -0.25) is 0 Å². The zero-order chi connectivity index (χ0) is 12.7. The van der Waals surface area contributed by atoms with E-state index >= 15 is 0 Å². The van der Waals surface area contributed by atoms with Crippen LogP contribution in [0.1, 0.15) is 28.7 Å². The Morgan fingerprint density at radius 2 is 1.10 bits per heavy atom. The fourth-order valence-electron chi connectivity index (χ4n) is 3.22. The van der Waals surface area contributed by atoms with Crippen molar-refractivity contribution in [2.24, 2.45) is 0 Å². The topological polar surface area (TPSA) is 0 Å². The molecule has 2 aliphatic rings. The average Bonchev–Trinajstić information content (AvgIpc) is 3.00. The smallest absolute Gasteiger partial charge is 0 e. The van der Waals surface area contributed by atoms with Crippen molar-refractivity contribution in [1.29, 1.82) is 0 Å². The van der Waals surface area contributed by atoms with E-state index in [2.05, 4.69) is 60.7 Å². The summed E-state index contributed by atoms with van der Waals surface area (Å²) in [6.07, 6.45) is 8.13. The molecule has 2 aliphatic carbocycles. The summed E-state index contributed by atoms with van der Waals surface area (Å²) in [6, 6.07) is 17.5. The molecule has 4 rings (SSSR count). The van der Waals surface area contributed by atoms with Gasteiger partial charge < -0.3 is 0 Å². The third-order valence-corrected chi connectivity index (χ3v) is 4.12. The molecule has 96 valence electrons. The van der Waals surface area contributed by atoms with Gasteiger partial charge in [-0.15, -0.1) is 0 Å². The van der Waals surface area contributed by atoms with E-state index in [4.69, 9.17) is 0 Å². The first-order valence-electron chi connectivity index (χ1n) is 6.93. The van der Waals surface area contributed by atoms with E-state index in [1.807, 2.05) is 0 Å². The van der Waals surface area contributed by atoms with Crippen LogP contribution in [-0.2, 0) is 39.0 Å². The average molecular weight is 336 g/mol. The van der Waals surface area contributed by atoms with Crippen molar-refractivity contribution < 1.29 is 26.2 Å². The molecule has 2 aromatic rings. The Morgan fingerprint density at radius 1 is 0.650 bits per heavy atom. The summed E-state index contributed by atoms with van der Waals surface area (Å²) in [5.74, 6) is 0. The fourth-order valence-corrected chi connectivity index (χ4v) is 3.22. The van der Waals surface area contributed by atoms with Crippen molar-refractivity contribution in [3.05, 3.63) is 81.9 Å². The Bertz CT molecular complexity index is 646. The van der Waals surface area contributed by atoms with E-state index in [9.17, 15) is 0 Å². The first-order chi connectivity index (χ1) is 9.38. The van der Waals surface area contributed by atoms with Crippen LogP contribution in [-0.4, -0.2) is 0 Å². The van der Waals surface area contributed by atoms with Gasteiger partial charge in [0.05, 0.1) is 0 Å². The zero-order valence-electron chi connectivity index (χ0n) is 11.4. The van der Waals surface area contributed by atoms with Crippen LogP contribution >= 0.6 is 0 Å². The summed E-state index contributed by atoms with van der Waals surface area (Å²) in [4.78, 5) is 0. The molecule has 0 fully saturated rings. The minimum atomic E-state index is 0. The maximum atomic E-state index is 2.37. The van der Waals surface area contributed by atoms with E-state index in [-0.39, 0.29) is 26.2 Å². The summed E-state index contributed by atoms with van der Waals surface area (Å²) in [6.45, 7) is 0. The summed E-state index contributed by atoms with van der Waals surface area (Å²) >= 11 is 0. The number of hydrogen-bond acceptors (Lipinski definition) is 0. The Labute approximate surface area is 139 Å².